The highest BCUT2D eigenvalue weighted by Gasteiger charge is 2.33. The zero-order valence-corrected chi connectivity index (χ0v) is 19.3. The second kappa shape index (κ2) is 9.80. The van der Waals surface area contributed by atoms with Gasteiger partial charge in [-0.25, -0.2) is 12.8 Å². The Kier molecular flexibility index (Phi) is 6.98. The summed E-state index contributed by atoms with van der Waals surface area (Å²) in [6.07, 6.45) is -2.48. The van der Waals surface area contributed by atoms with E-state index < -0.39 is 21.6 Å². The van der Waals surface area contributed by atoms with E-state index in [4.69, 9.17) is 0 Å². The van der Waals surface area contributed by atoms with E-state index in [-0.39, 0.29) is 40.0 Å². The molecule has 1 heterocycles. The maximum Gasteiger partial charge on any atom is 0.416 e. The van der Waals surface area contributed by atoms with E-state index >= 15 is 0 Å². The number of rotatable bonds is 6. The Morgan fingerprint density at radius 2 is 1.71 bits per heavy atom. The fourth-order valence-corrected chi connectivity index (χ4v) is 5.95. The van der Waals surface area contributed by atoms with Crippen molar-refractivity contribution in [2.75, 3.05) is 5.75 Å². The van der Waals surface area contributed by atoms with Crippen LogP contribution in [0, 0.1) is 11.7 Å². The molecule has 1 aliphatic rings. The van der Waals surface area contributed by atoms with Crippen LogP contribution in [0.1, 0.15) is 41.7 Å². The molecule has 2 aromatic carbocycles. The summed E-state index contributed by atoms with van der Waals surface area (Å²) in [5, 5.41) is 9.66. The van der Waals surface area contributed by atoms with Crippen molar-refractivity contribution < 1.29 is 30.8 Å². The monoisotopic (exact) mass is 509 g/mol. The lowest BCUT2D eigenvalue weighted by molar-refractivity contribution is -0.137. The van der Waals surface area contributed by atoms with Gasteiger partial charge in [-0.3, -0.25) is 9.89 Å². The first-order valence-electron chi connectivity index (χ1n) is 11.0. The molecule has 4 rings (SSSR count). The number of sulfone groups is 1. The van der Waals surface area contributed by atoms with Crippen LogP contribution in [-0.2, 0) is 16.0 Å². The smallest absolute Gasteiger partial charge is 0.348 e. The van der Waals surface area contributed by atoms with Gasteiger partial charge in [-0.15, -0.1) is 0 Å². The topological polar surface area (TPSA) is 91.9 Å². The number of benzene rings is 2. The van der Waals surface area contributed by atoms with Gasteiger partial charge in [-0.1, -0.05) is 6.07 Å². The van der Waals surface area contributed by atoms with Crippen molar-refractivity contribution in [1.82, 2.24) is 15.5 Å². The van der Waals surface area contributed by atoms with Crippen molar-refractivity contribution in [3.05, 3.63) is 71.7 Å². The van der Waals surface area contributed by atoms with Crippen molar-refractivity contribution in [2.45, 2.75) is 42.8 Å². The molecule has 1 aromatic heterocycles. The van der Waals surface area contributed by atoms with Gasteiger partial charge in [0.05, 0.1) is 21.9 Å². The second-order valence-corrected chi connectivity index (χ2v) is 10.7. The van der Waals surface area contributed by atoms with Gasteiger partial charge in [-0.2, -0.15) is 18.3 Å². The third-order valence-electron chi connectivity index (χ3n) is 6.12. The fourth-order valence-electron chi connectivity index (χ4n) is 4.22. The van der Waals surface area contributed by atoms with Gasteiger partial charge in [0.1, 0.15) is 11.5 Å². The van der Waals surface area contributed by atoms with Crippen molar-refractivity contribution >= 4 is 15.7 Å². The van der Waals surface area contributed by atoms with Crippen LogP contribution in [-0.4, -0.2) is 36.3 Å². The largest absolute Gasteiger partial charge is 0.416 e. The van der Waals surface area contributed by atoms with Gasteiger partial charge in [0.15, 0.2) is 9.84 Å². The first-order chi connectivity index (χ1) is 16.5. The van der Waals surface area contributed by atoms with E-state index in [9.17, 15) is 30.8 Å². The molecule has 0 unspecified atom stereocenters. The molecule has 35 heavy (non-hydrogen) atoms. The van der Waals surface area contributed by atoms with Crippen molar-refractivity contribution in [1.29, 1.82) is 0 Å². The summed E-state index contributed by atoms with van der Waals surface area (Å²) >= 11 is 0. The Bertz CT molecular complexity index is 1300. The zero-order valence-electron chi connectivity index (χ0n) is 18.5. The summed E-state index contributed by atoms with van der Waals surface area (Å²) in [7, 11) is -3.88. The number of alkyl halides is 3. The molecule has 1 amide bonds. The quantitative estimate of drug-likeness (QED) is 0.458. The molecular weight excluding hydrogens is 486 g/mol. The van der Waals surface area contributed by atoms with Crippen LogP contribution < -0.4 is 5.32 Å². The highest BCUT2D eigenvalue weighted by atomic mass is 32.2. The van der Waals surface area contributed by atoms with Gasteiger partial charge in [0, 0.05) is 11.6 Å². The van der Waals surface area contributed by atoms with E-state index in [0.29, 0.717) is 43.0 Å². The third kappa shape index (κ3) is 6.08. The first kappa shape index (κ1) is 24.9. The molecule has 0 bridgehead atoms. The molecule has 11 heteroatoms. The number of H-pyrrole nitrogens is 1. The van der Waals surface area contributed by atoms with E-state index in [0.717, 1.165) is 12.1 Å². The number of hydrogen-bond acceptors (Lipinski definition) is 4. The van der Waals surface area contributed by atoms with Crippen molar-refractivity contribution in [2.24, 2.45) is 5.92 Å². The predicted molar refractivity (Wildman–Crippen MR) is 121 cm³/mol. The summed E-state index contributed by atoms with van der Waals surface area (Å²) in [5.74, 6) is -1.18. The maximum atomic E-state index is 13.1. The van der Waals surface area contributed by atoms with Gasteiger partial charge >= 0.3 is 6.18 Å². The molecule has 2 N–H and O–H groups in total. The average Bonchev–Trinajstić information content (AvgIpc) is 3.31. The van der Waals surface area contributed by atoms with Gasteiger partial charge in [0.25, 0.3) is 5.91 Å². The number of halogens is 4. The van der Waals surface area contributed by atoms with Crippen LogP contribution in [0.4, 0.5) is 17.6 Å². The Morgan fingerprint density at radius 3 is 2.37 bits per heavy atom. The van der Waals surface area contributed by atoms with Crippen LogP contribution in [0.3, 0.4) is 0 Å². The number of aromatic nitrogens is 2. The summed E-state index contributed by atoms with van der Waals surface area (Å²) in [4.78, 5) is 12.3. The van der Waals surface area contributed by atoms with Crippen LogP contribution in [0.25, 0.3) is 11.3 Å². The number of nitrogens with one attached hydrogen (secondary N) is 2. The SMILES string of the molecule is O=C(NC1CCC(CS(=O)(=O)c2cccc(C(F)(F)F)c2)CC1)c1cc(-c2ccc(F)cc2)n[nH]1. The lowest BCUT2D eigenvalue weighted by Crippen LogP contribution is -2.38. The van der Waals surface area contributed by atoms with Crippen molar-refractivity contribution in [3.63, 3.8) is 0 Å². The molecule has 6 nitrogen and oxygen atoms in total. The highest BCUT2D eigenvalue weighted by Crippen LogP contribution is 2.32. The number of nitrogens with zero attached hydrogens (tertiary/aromatic N) is 1. The van der Waals surface area contributed by atoms with Crippen LogP contribution in [0.15, 0.2) is 59.5 Å². The van der Waals surface area contributed by atoms with Crippen LogP contribution in [0.5, 0.6) is 0 Å². The summed E-state index contributed by atoms with van der Waals surface area (Å²) in [5.41, 5.74) is 0.410. The average molecular weight is 510 g/mol. The summed E-state index contributed by atoms with van der Waals surface area (Å²) in [6.45, 7) is 0. The van der Waals surface area contributed by atoms with E-state index in [2.05, 4.69) is 15.5 Å². The Morgan fingerprint density at radius 1 is 1.03 bits per heavy atom. The molecule has 0 saturated heterocycles. The Hall–Kier alpha value is -3.21. The predicted octanol–water partition coefficient (Wildman–Crippen LogP) is 5.00. The molecule has 1 saturated carbocycles. The number of carbonyl (C=O) groups excluding carboxylic acids is 1. The molecule has 0 aliphatic heterocycles. The number of carbonyl (C=O) groups is 1. The van der Waals surface area contributed by atoms with Crippen LogP contribution in [0.2, 0.25) is 0 Å². The lowest BCUT2D eigenvalue weighted by Gasteiger charge is -2.28. The lowest BCUT2D eigenvalue weighted by atomic mass is 9.87. The molecule has 186 valence electrons. The summed E-state index contributed by atoms with van der Waals surface area (Å²) in [6, 6.07) is 10.9. The molecule has 1 aliphatic carbocycles. The minimum atomic E-state index is -4.61. The molecule has 0 atom stereocenters. The number of hydrogen-bond donors (Lipinski definition) is 2. The summed E-state index contributed by atoms with van der Waals surface area (Å²) < 4.78 is 77.3. The maximum absolute atomic E-state index is 13.1. The number of aromatic amines is 1. The minimum absolute atomic E-state index is 0.160. The normalized spacial score (nSPS) is 18.9. The molecule has 1 fully saturated rings. The third-order valence-corrected chi connectivity index (χ3v) is 8.00. The van der Waals surface area contributed by atoms with E-state index in [1.165, 1.54) is 18.2 Å². The van der Waals surface area contributed by atoms with Gasteiger partial charge < -0.3 is 5.32 Å². The highest BCUT2D eigenvalue weighted by molar-refractivity contribution is 7.91. The number of amides is 1. The molecular formula is C24H23F4N3O3S. The zero-order chi connectivity index (χ0) is 25.2. The Labute approximate surface area is 199 Å². The fraction of sp³-hybridized carbons (Fsp3) is 0.333. The first-order valence-corrected chi connectivity index (χ1v) is 12.7. The van der Waals surface area contributed by atoms with Gasteiger partial charge in [-0.05, 0) is 80.1 Å². The van der Waals surface area contributed by atoms with Crippen LogP contribution >= 0.6 is 0 Å². The minimum Gasteiger partial charge on any atom is -0.348 e. The molecule has 3 aromatic rings. The second-order valence-electron chi connectivity index (χ2n) is 8.67. The Balaban J connectivity index is 1.31. The van der Waals surface area contributed by atoms with E-state index in [1.54, 1.807) is 18.2 Å². The van der Waals surface area contributed by atoms with E-state index in [1.807, 2.05) is 0 Å². The van der Waals surface area contributed by atoms with Crippen molar-refractivity contribution in [3.8, 4) is 11.3 Å². The molecule has 0 spiro atoms. The van der Waals surface area contributed by atoms with Gasteiger partial charge in [0.2, 0.25) is 0 Å². The standard InChI is InChI=1S/C24H23F4N3O3S/c25-18-8-6-16(7-9-18)21-13-22(31-30-21)23(32)29-19-10-4-15(5-11-19)14-35(33,34)20-3-1-2-17(12-20)24(26,27)28/h1-3,6-9,12-13,15,19H,4-5,10-11,14H2,(H,29,32)(H,30,31). The molecule has 0 radical (unpaired) electrons.